The molecule has 1 aromatic heterocycles. The van der Waals surface area contributed by atoms with Gasteiger partial charge in [0, 0.05) is 39.1 Å². The van der Waals surface area contributed by atoms with Crippen LogP contribution in [0.5, 0.6) is 0 Å². The summed E-state index contributed by atoms with van der Waals surface area (Å²) in [6, 6.07) is 7.98. The number of benzene rings is 1. The van der Waals surface area contributed by atoms with E-state index >= 15 is 0 Å². The molecule has 2 aliphatic heterocycles. The molecule has 1 aromatic carbocycles. The molecule has 1 unspecified atom stereocenters. The Hall–Kier alpha value is -3.16. The predicted molar refractivity (Wildman–Crippen MR) is 103 cm³/mol. The predicted octanol–water partition coefficient (Wildman–Crippen LogP) is 2.06. The summed E-state index contributed by atoms with van der Waals surface area (Å²) in [5, 5.41) is 0. The van der Waals surface area contributed by atoms with Crippen LogP contribution in [0.25, 0.3) is 0 Å². The van der Waals surface area contributed by atoms with E-state index in [0.717, 1.165) is 5.56 Å². The molecule has 0 bridgehead atoms. The summed E-state index contributed by atoms with van der Waals surface area (Å²) < 4.78 is 19.4. The number of carbonyl (C=O) groups is 3. The van der Waals surface area contributed by atoms with E-state index < -0.39 is 11.7 Å². The first-order valence-electron chi connectivity index (χ1n) is 9.62. The van der Waals surface area contributed by atoms with Gasteiger partial charge in [-0.1, -0.05) is 6.07 Å². The van der Waals surface area contributed by atoms with Crippen LogP contribution in [0.2, 0.25) is 0 Å². The smallest absolute Gasteiger partial charge is 0.289 e. The molecule has 0 N–H and O–H groups in total. The van der Waals surface area contributed by atoms with Crippen molar-refractivity contribution in [2.24, 2.45) is 5.92 Å². The Morgan fingerprint density at radius 1 is 1.10 bits per heavy atom. The highest BCUT2D eigenvalue weighted by atomic mass is 19.1. The highest BCUT2D eigenvalue weighted by Gasteiger charge is 2.39. The summed E-state index contributed by atoms with van der Waals surface area (Å²) in [6.45, 7) is 3.55. The summed E-state index contributed by atoms with van der Waals surface area (Å²) >= 11 is 0. The number of hydrogen-bond donors (Lipinski definition) is 0. The molecule has 3 heterocycles. The van der Waals surface area contributed by atoms with Gasteiger partial charge in [0.2, 0.25) is 11.8 Å². The molecular weight excluding hydrogens is 377 g/mol. The van der Waals surface area contributed by atoms with Gasteiger partial charge in [-0.3, -0.25) is 14.4 Å². The number of aryl methyl sites for hydroxylation is 1. The zero-order chi connectivity index (χ0) is 20.5. The lowest BCUT2D eigenvalue weighted by atomic mass is 10.1. The lowest BCUT2D eigenvalue weighted by Crippen LogP contribution is -2.52. The standard InChI is InChI=1S/C21H22FN3O4/c1-14-4-5-17(16(22)11-14)25-13-15(12-19(25)26)20(27)23-6-8-24(9-7-23)21(28)18-3-2-10-29-18/h2-5,10-11,15H,6-9,12-13H2,1H3. The zero-order valence-electron chi connectivity index (χ0n) is 16.1. The van der Waals surface area contributed by atoms with Crippen LogP contribution >= 0.6 is 0 Å². The first kappa shape index (κ1) is 19.2. The molecule has 4 rings (SSSR count). The van der Waals surface area contributed by atoms with E-state index in [0.29, 0.717) is 26.2 Å². The van der Waals surface area contributed by atoms with Crippen LogP contribution in [0.1, 0.15) is 22.5 Å². The fourth-order valence-corrected chi connectivity index (χ4v) is 3.88. The van der Waals surface area contributed by atoms with Gasteiger partial charge in [0.15, 0.2) is 5.76 Å². The van der Waals surface area contributed by atoms with Crippen molar-refractivity contribution in [1.29, 1.82) is 0 Å². The van der Waals surface area contributed by atoms with Crippen molar-refractivity contribution >= 4 is 23.4 Å². The summed E-state index contributed by atoms with van der Waals surface area (Å²) in [4.78, 5) is 42.3. The Morgan fingerprint density at radius 2 is 1.83 bits per heavy atom. The van der Waals surface area contributed by atoms with E-state index in [-0.39, 0.29) is 42.1 Å². The Kier molecular flexibility index (Phi) is 5.08. The lowest BCUT2D eigenvalue weighted by Gasteiger charge is -2.35. The SMILES string of the molecule is Cc1ccc(N2CC(C(=O)N3CCN(C(=O)c4ccco4)CC3)CC2=O)c(F)c1. The fourth-order valence-electron chi connectivity index (χ4n) is 3.88. The Balaban J connectivity index is 1.37. The largest absolute Gasteiger partial charge is 0.459 e. The maximum atomic E-state index is 14.3. The van der Waals surface area contributed by atoms with Crippen molar-refractivity contribution in [2.75, 3.05) is 37.6 Å². The van der Waals surface area contributed by atoms with Gasteiger partial charge in [0.05, 0.1) is 17.9 Å². The van der Waals surface area contributed by atoms with Crippen LogP contribution in [-0.4, -0.2) is 60.2 Å². The van der Waals surface area contributed by atoms with Crippen LogP contribution in [-0.2, 0) is 9.59 Å². The first-order valence-corrected chi connectivity index (χ1v) is 9.62. The number of rotatable bonds is 3. The van der Waals surface area contributed by atoms with Gasteiger partial charge < -0.3 is 19.1 Å². The van der Waals surface area contributed by atoms with Gasteiger partial charge in [-0.25, -0.2) is 4.39 Å². The van der Waals surface area contributed by atoms with Gasteiger partial charge in [0.25, 0.3) is 5.91 Å². The molecule has 3 amide bonds. The zero-order valence-corrected chi connectivity index (χ0v) is 16.1. The molecule has 152 valence electrons. The van der Waals surface area contributed by atoms with E-state index in [1.165, 1.54) is 17.2 Å². The van der Waals surface area contributed by atoms with Crippen molar-refractivity contribution in [3.05, 3.63) is 53.7 Å². The monoisotopic (exact) mass is 399 g/mol. The lowest BCUT2D eigenvalue weighted by molar-refractivity contribution is -0.137. The molecule has 2 saturated heterocycles. The van der Waals surface area contributed by atoms with Gasteiger partial charge >= 0.3 is 0 Å². The molecule has 0 saturated carbocycles. The fraction of sp³-hybridized carbons (Fsp3) is 0.381. The van der Waals surface area contributed by atoms with Crippen molar-refractivity contribution in [1.82, 2.24) is 9.80 Å². The quantitative estimate of drug-likeness (QED) is 0.792. The Labute approximate surface area is 167 Å². The highest BCUT2D eigenvalue weighted by molar-refractivity contribution is 6.00. The van der Waals surface area contributed by atoms with Crippen LogP contribution in [0.4, 0.5) is 10.1 Å². The first-order chi connectivity index (χ1) is 13.9. The van der Waals surface area contributed by atoms with Crippen molar-refractivity contribution in [3.63, 3.8) is 0 Å². The van der Waals surface area contributed by atoms with E-state index in [1.807, 2.05) is 0 Å². The number of halogens is 1. The average molecular weight is 399 g/mol. The maximum absolute atomic E-state index is 14.3. The minimum Gasteiger partial charge on any atom is -0.459 e. The van der Waals surface area contributed by atoms with E-state index in [1.54, 1.807) is 41.0 Å². The molecule has 2 aliphatic rings. The molecule has 1 atom stereocenters. The Morgan fingerprint density at radius 3 is 2.48 bits per heavy atom. The number of carbonyl (C=O) groups excluding carboxylic acids is 3. The molecule has 0 aliphatic carbocycles. The number of nitrogens with zero attached hydrogens (tertiary/aromatic N) is 3. The summed E-state index contributed by atoms with van der Waals surface area (Å²) in [5.74, 6) is -1.26. The summed E-state index contributed by atoms with van der Waals surface area (Å²) in [7, 11) is 0. The van der Waals surface area contributed by atoms with Gasteiger partial charge in [-0.15, -0.1) is 0 Å². The summed E-state index contributed by atoms with van der Waals surface area (Å²) in [5.41, 5.74) is 0.984. The van der Waals surface area contributed by atoms with Crippen molar-refractivity contribution in [3.8, 4) is 0 Å². The van der Waals surface area contributed by atoms with E-state index in [4.69, 9.17) is 4.42 Å². The van der Waals surface area contributed by atoms with E-state index in [2.05, 4.69) is 0 Å². The third kappa shape index (κ3) is 3.74. The summed E-state index contributed by atoms with van der Waals surface area (Å²) in [6.07, 6.45) is 1.52. The van der Waals surface area contributed by atoms with Crippen LogP contribution in [0.15, 0.2) is 41.0 Å². The molecule has 7 nitrogen and oxygen atoms in total. The van der Waals surface area contributed by atoms with Crippen molar-refractivity contribution in [2.45, 2.75) is 13.3 Å². The van der Waals surface area contributed by atoms with Crippen LogP contribution in [0, 0.1) is 18.7 Å². The second-order valence-corrected chi connectivity index (χ2v) is 7.46. The second kappa shape index (κ2) is 7.69. The molecule has 8 heteroatoms. The van der Waals surface area contributed by atoms with Gasteiger partial charge in [0.1, 0.15) is 5.82 Å². The topological polar surface area (TPSA) is 74.1 Å². The molecule has 2 aromatic rings. The normalized spacial score (nSPS) is 19.7. The number of piperazine rings is 1. The van der Waals surface area contributed by atoms with Crippen molar-refractivity contribution < 1.29 is 23.2 Å². The Bertz CT molecular complexity index is 935. The molecule has 0 radical (unpaired) electrons. The molecule has 2 fully saturated rings. The van der Waals surface area contributed by atoms with E-state index in [9.17, 15) is 18.8 Å². The minimum absolute atomic E-state index is 0.0672. The molecular formula is C21H22FN3O4. The van der Waals surface area contributed by atoms with Crippen LogP contribution in [0.3, 0.4) is 0 Å². The van der Waals surface area contributed by atoms with Gasteiger partial charge in [-0.05, 0) is 36.8 Å². The highest BCUT2D eigenvalue weighted by Crippen LogP contribution is 2.29. The minimum atomic E-state index is -0.504. The molecule has 0 spiro atoms. The molecule has 29 heavy (non-hydrogen) atoms. The van der Waals surface area contributed by atoms with Crippen LogP contribution < -0.4 is 4.90 Å². The number of hydrogen-bond acceptors (Lipinski definition) is 4. The third-order valence-corrected chi connectivity index (χ3v) is 5.48. The average Bonchev–Trinajstić information content (AvgIpc) is 3.37. The number of furan rings is 1. The second-order valence-electron chi connectivity index (χ2n) is 7.46. The third-order valence-electron chi connectivity index (χ3n) is 5.48. The number of amides is 3. The van der Waals surface area contributed by atoms with Gasteiger partial charge in [-0.2, -0.15) is 0 Å². The number of anilines is 1. The maximum Gasteiger partial charge on any atom is 0.289 e.